The minimum atomic E-state index is -0.968. The van der Waals surface area contributed by atoms with Gasteiger partial charge in [0.05, 0.1) is 11.6 Å². The van der Waals surface area contributed by atoms with Crippen molar-refractivity contribution in [3.05, 3.63) is 23.1 Å². The molecular weight excluding hydrogens is 154 g/mol. The molecule has 1 saturated carbocycles. The van der Waals surface area contributed by atoms with Gasteiger partial charge in [-0.25, -0.2) is 0 Å². The first-order valence-corrected chi connectivity index (χ1v) is 4.13. The largest absolute Gasteiger partial charge is 0.385 e. The van der Waals surface area contributed by atoms with Gasteiger partial charge in [-0.05, 0) is 18.4 Å². The Bertz CT molecular complexity index is 222. The molecule has 1 N–H and O–H groups in total. The fraction of sp³-hybridized carbons (Fsp3) is 0.750. The molecule has 0 unspecified atom stereocenters. The lowest BCUT2D eigenvalue weighted by Crippen LogP contribution is -2.41. The fourth-order valence-corrected chi connectivity index (χ4v) is 1.62. The lowest BCUT2D eigenvalue weighted by Gasteiger charge is -2.34. The van der Waals surface area contributed by atoms with Crippen LogP contribution in [0.1, 0.15) is 25.7 Å². The first kappa shape index (κ1) is 9.10. The van der Waals surface area contributed by atoms with Gasteiger partial charge in [-0.15, -0.1) is 6.58 Å². The van der Waals surface area contributed by atoms with Crippen LogP contribution in [0, 0.1) is 0 Å². The lowest BCUT2D eigenvalue weighted by atomic mass is 9.81. The molecule has 0 saturated heterocycles. The smallest absolute Gasteiger partial charge is 0.0909 e. The molecule has 0 amide bonds. The van der Waals surface area contributed by atoms with Crippen LogP contribution in [-0.2, 0) is 0 Å². The Kier molecular flexibility index (Phi) is 2.74. The number of aliphatic hydroxyl groups is 1. The average Bonchev–Trinajstić information content (AvgIpc) is 2.10. The summed E-state index contributed by atoms with van der Waals surface area (Å²) in [7, 11) is 0. The molecule has 66 valence electrons. The summed E-state index contributed by atoms with van der Waals surface area (Å²) in [6.07, 6.45) is 4.89. The van der Waals surface area contributed by atoms with Crippen molar-refractivity contribution < 1.29 is 5.11 Å². The van der Waals surface area contributed by atoms with Crippen LogP contribution in [0.2, 0.25) is 0 Å². The van der Waals surface area contributed by atoms with E-state index in [-0.39, 0.29) is 6.04 Å². The molecule has 4 nitrogen and oxygen atoms in total. The van der Waals surface area contributed by atoms with Crippen LogP contribution < -0.4 is 0 Å². The fourth-order valence-electron chi connectivity index (χ4n) is 1.62. The normalized spacial score (nSPS) is 35.2. The molecule has 2 atom stereocenters. The van der Waals surface area contributed by atoms with Gasteiger partial charge >= 0.3 is 0 Å². The molecule has 1 rings (SSSR count). The molecule has 0 bridgehead atoms. The van der Waals surface area contributed by atoms with Crippen LogP contribution in [0.4, 0.5) is 0 Å². The summed E-state index contributed by atoms with van der Waals surface area (Å²) in [5.41, 5.74) is 7.29. The maximum atomic E-state index is 9.89. The Labute approximate surface area is 71.5 Å². The van der Waals surface area contributed by atoms with E-state index in [1.165, 1.54) is 6.08 Å². The summed E-state index contributed by atoms with van der Waals surface area (Å²) >= 11 is 0. The minimum absolute atomic E-state index is 0.325. The molecule has 0 radical (unpaired) electrons. The van der Waals surface area contributed by atoms with Gasteiger partial charge in [-0.1, -0.05) is 24.0 Å². The average molecular weight is 167 g/mol. The third kappa shape index (κ3) is 1.60. The SMILES string of the molecule is C=C[C@]1(O)CCCC[C@@H]1N=[N+]=[N-]. The summed E-state index contributed by atoms with van der Waals surface area (Å²) in [5, 5.41) is 13.5. The highest BCUT2D eigenvalue weighted by Crippen LogP contribution is 2.31. The van der Waals surface area contributed by atoms with Crippen LogP contribution in [0.15, 0.2) is 17.8 Å². The number of hydrogen-bond donors (Lipinski definition) is 1. The van der Waals surface area contributed by atoms with Crippen molar-refractivity contribution in [3.8, 4) is 0 Å². The Morgan fingerprint density at radius 3 is 3.00 bits per heavy atom. The van der Waals surface area contributed by atoms with Crippen molar-refractivity contribution in [2.24, 2.45) is 5.11 Å². The Hall–Kier alpha value is -0.990. The van der Waals surface area contributed by atoms with E-state index in [4.69, 9.17) is 5.53 Å². The summed E-state index contributed by atoms with van der Waals surface area (Å²) in [6, 6.07) is -0.325. The zero-order valence-corrected chi connectivity index (χ0v) is 6.98. The molecule has 0 aromatic rings. The molecule has 0 aromatic heterocycles. The van der Waals surface area contributed by atoms with Crippen LogP contribution >= 0.6 is 0 Å². The Morgan fingerprint density at radius 1 is 1.67 bits per heavy atom. The monoisotopic (exact) mass is 167 g/mol. The van der Waals surface area contributed by atoms with Crippen molar-refractivity contribution in [3.63, 3.8) is 0 Å². The van der Waals surface area contributed by atoms with Crippen LogP contribution in [0.3, 0.4) is 0 Å². The van der Waals surface area contributed by atoms with E-state index in [0.29, 0.717) is 6.42 Å². The number of hydrogen-bond acceptors (Lipinski definition) is 2. The molecule has 12 heavy (non-hydrogen) atoms. The molecule has 4 heteroatoms. The zero-order chi connectivity index (χ0) is 9.03. The van der Waals surface area contributed by atoms with Gasteiger partial charge < -0.3 is 5.11 Å². The molecular formula is C8H13N3O. The second-order valence-corrected chi connectivity index (χ2v) is 3.16. The van der Waals surface area contributed by atoms with Crippen LogP contribution in [-0.4, -0.2) is 16.7 Å². The van der Waals surface area contributed by atoms with Gasteiger partial charge in [-0.2, -0.15) is 0 Å². The van der Waals surface area contributed by atoms with E-state index in [1.54, 1.807) is 0 Å². The zero-order valence-electron chi connectivity index (χ0n) is 6.98. The Balaban J connectivity index is 2.79. The highest BCUT2D eigenvalue weighted by atomic mass is 16.3. The minimum Gasteiger partial charge on any atom is -0.385 e. The van der Waals surface area contributed by atoms with Gasteiger partial charge in [-0.3, -0.25) is 0 Å². The molecule has 0 aliphatic heterocycles. The summed E-state index contributed by atoms with van der Waals surface area (Å²) in [5.74, 6) is 0. The summed E-state index contributed by atoms with van der Waals surface area (Å²) < 4.78 is 0. The van der Waals surface area contributed by atoms with E-state index >= 15 is 0 Å². The number of azide groups is 1. The maximum Gasteiger partial charge on any atom is 0.0909 e. The summed E-state index contributed by atoms with van der Waals surface area (Å²) in [4.78, 5) is 2.72. The van der Waals surface area contributed by atoms with E-state index in [1.807, 2.05) is 0 Å². The van der Waals surface area contributed by atoms with Crippen molar-refractivity contribution in [2.45, 2.75) is 37.3 Å². The van der Waals surface area contributed by atoms with Crippen molar-refractivity contribution in [1.82, 2.24) is 0 Å². The molecule has 0 aromatic carbocycles. The van der Waals surface area contributed by atoms with E-state index in [0.717, 1.165) is 19.3 Å². The van der Waals surface area contributed by atoms with Gasteiger partial charge in [0.2, 0.25) is 0 Å². The standard InChI is InChI=1S/C8H13N3O/c1-2-8(12)6-4-3-5-7(8)10-11-9/h2,7,12H,1,3-6H2/t7-,8-/m0/s1. The van der Waals surface area contributed by atoms with E-state index < -0.39 is 5.60 Å². The quantitative estimate of drug-likeness (QED) is 0.291. The maximum absolute atomic E-state index is 9.89. The van der Waals surface area contributed by atoms with E-state index in [2.05, 4.69) is 16.6 Å². The van der Waals surface area contributed by atoms with Crippen LogP contribution in [0.5, 0.6) is 0 Å². The van der Waals surface area contributed by atoms with Crippen molar-refractivity contribution >= 4 is 0 Å². The van der Waals surface area contributed by atoms with Gasteiger partial charge in [0.25, 0.3) is 0 Å². The first-order valence-electron chi connectivity index (χ1n) is 4.13. The Morgan fingerprint density at radius 2 is 2.42 bits per heavy atom. The predicted molar refractivity (Wildman–Crippen MR) is 46.5 cm³/mol. The summed E-state index contributed by atoms with van der Waals surface area (Å²) in [6.45, 7) is 3.56. The molecule has 1 aliphatic rings. The second-order valence-electron chi connectivity index (χ2n) is 3.16. The predicted octanol–water partition coefficient (Wildman–Crippen LogP) is 2.16. The highest BCUT2D eigenvalue weighted by molar-refractivity contribution is 5.06. The molecule has 0 heterocycles. The van der Waals surface area contributed by atoms with Gasteiger partial charge in [0.15, 0.2) is 0 Å². The molecule has 1 aliphatic carbocycles. The van der Waals surface area contributed by atoms with Gasteiger partial charge in [0.1, 0.15) is 0 Å². The van der Waals surface area contributed by atoms with Crippen LogP contribution in [0.25, 0.3) is 10.4 Å². The lowest BCUT2D eigenvalue weighted by molar-refractivity contribution is 0.0321. The van der Waals surface area contributed by atoms with E-state index in [9.17, 15) is 5.11 Å². The van der Waals surface area contributed by atoms with Crippen molar-refractivity contribution in [1.29, 1.82) is 0 Å². The topological polar surface area (TPSA) is 69.0 Å². The highest BCUT2D eigenvalue weighted by Gasteiger charge is 2.35. The second kappa shape index (κ2) is 3.61. The first-order chi connectivity index (χ1) is 5.73. The third-order valence-corrected chi connectivity index (χ3v) is 2.43. The molecule has 1 fully saturated rings. The molecule has 0 spiro atoms. The third-order valence-electron chi connectivity index (χ3n) is 2.43. The van der Waals surface area contributed by atoms with Crippen molar-refractivity contribution in [2.75, 3.05) is 0 Å². The van der Waals surface area contributed by atoms with Gasteiger partial charge in [0, 0.05) is 4.91 Å². The number of rotatable bonds is 2. The number of nitrogens with zero attached hydrogens (tertiary/aromatic N) is 3.